The number of Topliss-reactive ketones (excluding diaryl/α,β-unsaturated/α-hetero) is 1. The van der Waals surface area contributed by atoms with Crippen molar-refractivity contribution in [3.05, 3.63) is 0 Å². The maximum atomic E-state index is 11.2. The highest BCUT2D eigenvalue weighted by Crippen LogP contribution is 2.30. The molecular formula is C6H8Cl3NO. The fourth-order valence-corrected chi connectivity index (χ4v) is 1.50. The van der Waals surface area contributed by atoms with Crippen LogP contribution < -0.4 is 5.32 Å². The van der Waals surface area contributed by atoms with E-state index in [4.69, 9.17) is 34.8 Å². The van der Waals surface area contributed by atoms with Crippen LogP contribution in [-0.4, -0.2) is 22.2 Å². The fourth-order valence-electron chi connectivity index (χ4n) is 1.11. The van der Waals surface area contributed by atoms with Gasteiger partial charge in [0.1, 0.15) is 0 Å². The van der Waals surface area contributed by atoms with Crippen molar-refractivity contribution >= 4 is 40.6 Å². The van der Waals surface area contributed by atoms with E-state index in [1.165, 1.54) is 0 Å². The minimum Gasteiger partial charge on any atom is -0.307 e. The molecule has 0 aliphatic carbocycles. The summed E-state index contributed by atoms with van der Waals surface area (Å²) in [4.78, 5) is 11.2. The van der Waals surface area contributed by atoms with Gasteiger partial charge < -0.3 is 5.32 Å². The smallest absolute Gasteiger partial charge is 0.250 e. The molecule has 1 heterocycles. The predicted molar refractivity (Wildman–Crippen MR) is 46.3 cm³/mol. The third kappa shape index (κ3) is 2.48. The first-order valence-corrected chi connectivity index (χ1v) is 4.49. The lowest BCUT2D eigenvalue weighted by Gasteiger charge is -2.14. The lowest BCUT2D eigenvalue weighted by Crippen LogP contribution is -2.38. The average Bonchev–Trinajstić information content (AvgIpc) is 2.34. The van der Waals surface area contributed by atoms with Crippen molar-refractivity contribution in [2.24, 2.45) is 0 Å². The molecule has 1 saturated heterocycles. The van der Waals surface area contributed by atoms with Crippen LogP contribution in [0.4, 0.5) is 0 Å². The second kappa shape index (κ2) is 3.48. The van der Waals surface area contributed by atoms with Crippen molar-refractivity contribution < 1.29 is 4.79 Å². The lowest BCUT2D eigenvalue weighted by molar-refractivity contribution is -0.119. The number of hydrogen-bond donors (Lipinski definition) is 1. The average molecular weight is 216 g/mol. The zero-order valence-corrected chi connectivity index (χ0v) is 8.01. The van der Waals surface area contributed by atoms with Crippen LogP contribution in [0.5, 0.6) is 0 Å². The third-order valence-corrected chi connectivity index (χ3v) is 2.21. The molecular weight excluding hydrogens is 208 g/mol. The zero-order valence-electron chi connectivity index (χ0n) is 5.74. The van der Waals surface area contributed by atoms with Gasteiger partial charge >= 0.3 is 0 Å². The van der Waals surface area contributed by atoms with Crippen molar-refractivity contribution in [3.63, 3.8) is 0 Å². The molecule has 11 heavy (non-hydrogen) atoms. The lowest BCUT2D eigenvalue weighted by atomic mass is 10.1. The Kier molecular flexibility index (Phi) is 3.03. The monoisotopic (exact) mass is 215 g/mol. The van der Waals surface area contributed by atoms with Gasteiger partial charge in [0.15, 0.2) is 0 Å². The number of alkyl halides is 3. The summed E-state index contributed by atoms with van der Waals surface area (Å²) in [7, 11) is 0. The van der Waals surface area contributed by atoms with E-state index in [1.54, 1.807) is 0 Å². The topological polar surface area (TPSA) is 29.1 Å². The van der Waals surface area contributed by atoms with Crippen LogP contribution in [0, 0.1) is 0 Å². The van der Waals surface area contributed by atoms with Gasteiger partial charge in [0, 0.05) is 0 Å². The Morgan fingerprint density at radius 1 is 1.45 bits per heavy atom. The van der Waals surface area contributed by atoms with Gasteiger partial charge in [0.2, 0.25) is 9.58 Å². The Balaban J connectivity index is 2.53. The van der Waals surface area contributed by atoms with E-state index in [0.717, 1.165) is 19.4 Å². The Labute approximate surface area is 80.2 Å². The van der Waals surface area contributed by atoms with Gasteiger partial charge in [0.05, 0.1) is 6.04 Å². The van der Waals surface area contributed by atoms with Gasteiger partial charge in [-0.15, -0.1) is 0 Å². The predicted octanol–water partition coefficient (Wildman–Crippen LogP) is 1.68. The summed E-state index contributed by atoms with van der Waals surface area (Å²) >= 11 is 16.2. The minimum absolute atomic E-state index is 0.262. The van der Waals surface area contributed by atoms with Gasteiger partial charge in [-0.25, -0.2) is 0 Å². The standard InChI is InChI=1S/C6H8Cl3NO/c7-6(8,9)5(11)4-2-1-3-10-4/h4,10H,1-3H2. The van der Waals surface area contributed by atoms with E-state index in [9.17, 15) is 4.79 Å². The Morgan fingerprint density at radius 2 is 2.09 bits per heavy atom. The van der Waals surface area contributed by atoms with Gasteiger partial charge in [0.25, 0.3) is 0 Å². The van der Waals surface area contributed by atoms with Crippen LogP contribution in [0.2, 0.25) is 0 Å². The molecule has 1 aliphatic heterocycles. The number of rotatable bonds is 1. The van der Waals surface area contributed by atoms with Gasteiger partial charge in [-0.1, -0.05) is 34.8 Å². The van der Waals surface area contributed by atoms with Crippen molar-refractivity contribution in [1.82, 2.24) is 5.32 Å². The highest BCUT2D eigenvalue weighted by Gasteiger charge is 2.37. The molecule has 0 bridgehead atoms. The maximum Gasteiger partial charge on any atom is 0.250 e. The first-order chi connectivity index (χ1) is 5.02. The van der Waals surface area contributed by atoms with Crippen LogP contribution in [0.15, 0.2) is 0 Å². The summed E-state index contributed by atoms with van der Waals surface area (Å²) in [6, 6.07) is -0.262. The van der Waals surface area contributed by atoms with E-state index in [1.807, 2.05) is 0 Å². The SMILES string of the molecule is O=C(C1CCCN1)C(Cl)(Cl)Cl. The summed E-state index contributed by atoms with van der Waals surface area (Å²) in [5, 5.41) is 2.96. The molecule has 1 atom stereocenters. The number of carbonyl (C=O) groups excluding carboxylic acids is 1. The van der Waals surface area contributed by atoms with Crippen molar-refractivity contribution in [2.45, 2.75) is 22.7 Å². The molecule has 0 spiro atoms. The summed E-state index contributed by atoms with van der Waals surface area (Å²) in [5.41, 5.74) is 0. The number of hydrogen-bond acceptors (Lipinski definition) is 2. The molecule has 0 radical (unpaired) electrons. The number of carbonyl (C=O) groups is 1. The highest BCUT2D eigenvalue weighted by molar-refractivity contribution is 6.76. The molecule has 2 nitrogen and oxygen atoms in total. The van der Waals surface area contributed by atoms with Crippen molar-refractivity contribution in [2.75, 3.05) is 6.54 Å². The van der Waals surface area contributed by atoms with E-state index >= 15 is 0 Å². The zero-order chi connectivity index (χ0) is 8.48. The number of ketones is 1. The van der Waals surface area contributed by atoms with Crippen LogP contribution in [0.1, 0.15) is 12.8 Å². The van der Waals surface area contributed by atoms with Gasteiger partial charge in [-0.3, -0.25) is 4.79 Å². The quantitative estimate of drug-likeness (QED) is 0.676. The molecule has 0 aromatic carbocycles. The summed E-state index contributed by atoms with van der Waals surface area (Å²) in [6.45, 7) is 0.831. The second-order valence-electron chi connectivity index (χ2n) is 2.51. The molecule has 1 rings (SSSR count). The number of nitrogens with one attached hydrogen (secondary N) is 1. The summed E-state index contributed by atoms with van der Waals surface area (Å²) in [5.74, 6) is -0.347. The molecule has 64 valence electrons. The molecule has 0 amide bonds. The molecule has 0 aromatic rings. The highest BCUT2D eigenvalue weighted by atomic mass is 35.6. The van der Waals surface area contributed by atoms with E-state index in [-0.39, 0.29) is 11.8 Å². The first-order valence-electron chi connectivity index (χ1n) is 3.36. The molecule has 5 heteroatoms. The molecule has 1 fully saturated rings. The van der Waals surface area contributed by atoms with E-state index in [2.05, 4.69) is 5.32 Å². The molecule has 1 N–H and O–H groups in total. The van der Waals surface area contributed by atoms with Crippen LogP contribution >= 0.6 is 34.8 Å². The normalized spacial score (nSPS) is 25.5. The van der Waals surface area contributed by atoms with Gasteiger partial charge in [-0.2, -0.15) is 0 Å². The van der Waals surface area contributed by atoms with Crippen molar-refractivity contribution in [3.8, 4) is 0 Å². The third-order valence-electron chi connectivity index (χ3n) is 1.66. The summed E-state index contributed by atoms with van der Waals surface area (Å²) in [6.07, 6.45) is 1.74. The van der Waals surface area contributed by atoms with Gasteiger partial charge in [-0.05, 0) is 19.4 Å². The molecule has 1 aliphatic rings. The largest absolute Gasteiger partial charge is 0.307 e. The fraction of sp³-hybridized carbons (Fsp3) is 0.833. The molecule has 0 aromatic heterocycles. The Hall–Kier alpha value is 0.500. The minimum atomic E-state index is -1.76. The van der Waals surface area contributed by atoms with Crippen LogP contribution in [0.25, 0.3) is 0 Å². The number of halogens is 3. The maximum absolute atomic E-state index is 11.2. The Bertz CT molecular complexity index is 160. The first kappa shape index (κ1) is 9.59. The molecule has 1 unspecified atom stereocenters. The summed E-state index contributed by atoms with van der Waals surface area (Å²) < 4.78 is -1.76. The van der Waals surface area contributed by atoms with E-state index < -0.39 is 3.79 Å². The second-order valence-corrected chi connectivity index (χ2v) is 4.79. The van der Waals surface area contributed by atoms with E-state index in [0.29, 0.717) is 0 Å². The molecule has 0 saturated carbocycles. The van der Waals surface area contributed by atoms with Crippen LogP contribution in [0.3, 0.4) is 0 Å². The van der Waals surface area contributed by atoms with Crippen molar-refractivity contribution in [1.29, 1.82) is 0 Å². The van der Waals surface area contributed by atoms with Crippen LogP contribution in [-0.2, 0) is 4.79 Å². The Morgan fingerprint density at radius 3 is 2.45 bits per heavy atom.